The highest BCUT2D eigenvalue weighted by Crippen LogP contribution is 2.29. The molecule has 1 aliphatic carbocycles. The van der Waals surface area contributed by atoms with Gasteiger partial charge >= 0.3 is 5.97 Å². The van der Waals surface area contributed by atoms with E-state index in [1.54, 1.807) is 0 Å². The number of esters is 1. The van der Waals surface area contributed by atoms with Crippen LogP contribution in [-0.4, -0.2) is 41.6 Å². The molecule has 2 aliphatic rings. The van der Waals surface area contributed by atoms with Crippen molar-refractivity contribution in [3.05, 3.63) is 35.0 Å². The molecule has 1 unspecified atom stereocenters. The first-order valence-electron chi connectivity index (χ1n) is 10.3. The van der Waals surface area contributed by atoms with E-state index < -0.39 is 0 Å². The summed E-state index contributed by atoms with van der Waals surface area (Å²) >= 11 is 0. The third-order valence-corrected chi connectivity index (χ3v) is 6.10. The molecule has 1 aliphatic heterocycles. The van der Waals surface area contributed by atoms with Crippen molar-refractivity contribution in [2.75, 3.05) is 19.7 Å². The van der Waals surface area contributed by atoms with Gasteiger partial charge in [-0.25, -0.2) is 4.79 Å². The summed E-state index contributed by atoms with van der Waals surface area (Å²) in [4.78, 5) is 18.5. The van der Waals surface area contributed by atoms with Crippen molar-refractivity contribution in [3.8, 4) is 0 Å². The first-order valence-corrected chi connectivity index (χ1v) is 10.3. The Morgan fingerprint density at radius 3 is 2.93 bits per heavy atom. The number of hydrogen-bond donors (Lipinski definition) is 1. The fraction of sp³-hybridized carbons (Fsp3) is 0.591. The number of fused-ring (bicyclic) bond motifs is 3. The summed E-state index contributed by atoms with van der Waals surface area (Å²) < 4.78 is 5.55. The van der Waals surface area contributed by atoms with Crippen LogP contribution in [0.4, 0.5) is 0 Å². The van der Waals surface area contributed by atoms with Crippen LogP contribution in [0.2, 0.25) is 0 Å². The standard InChI is InChI=1S/C22H30N2O2.ClH/c1-16-7-4-5-12-24(16)13-6-14-26-22(25)17-10-11-21-19(15-17)18-8-2-3-9-20(18)23-21;/h10-11,15-16,23H,2-9,12-14H2,1H3;1H. The van der Waals surface area contributed by atoms with Crippen LogP contribution in [0.15, 0.2) is 18.2 Å². The molecule has 0 amide bonds. The smallest absolute Gasteiger partial charge is 0.338 e. The Kier molecular flexibility index (Phi) is 6.83. The highest BCUT2D eigenvalue weighted by atomic mass is 35.5. The van der Waals surface area contributed by atoms with Gasteiger partial charge in [-0.3, -0.25) is 0 Å². The Balaban J connectivity index is 0.00000210. The zero-order valence-corrected chi connectivity index (χ0v) is 17.1. The van der Waals surface area contributed by atoms with Gasteiger partial charge in [0.05, 0.1) is 12.2 Å². The van der Waals surface area contributed by atoms with E-state index in [1.807, 2.05) is 18.2 Å². The van der Waals surface area contributed by atoms with E-state index in [4.69, 9.17) is 4.74 Å². The Bertz CT molecular complexity index is 786. The zero-order valence-electron chi connectivity index (χ0n) is 16.3. The van der Waals surface area contributed by atoms with Crippen LogP contribution in [0, 0.1) is 0 Å². The predicted molar refractivity (Wildman–Crippen MR) is 112 cm³/mol. The van der Waals surface area contributed by atoms with E-state index in [-0.39, 0.29) is 18.4 Å². The van der Waals surface area contributed by atoms with Crippen LogP contribution < -0.4 is 0 Å². The van der Waals surface area contributed by atoms with Gasteiger partial charge in [0.1, 0.15) is 0 Å². The van der Waals surface area contributed by atoms with Crippen molar-refractivity contribution in [1.82, 2.24) is 9.88 Å². The molecule has 27 heavy (non-hydrogen) atoms. The summed E-state index contributed by atoms with van der Waals surface area (Å²) in [6.07, 6.45) is 9.58. The lowest BCUT2D eigenvalue weighted by atomic mass is 9.95. The maximum Gasteiger partial charge on any atom is 0.338 e. The predicted octanol–water partition coefficient (Wildman–Crippen LogP) is 4.89. The fourth-order valence-electron chi connectivity index (χ4n) is 4.54. The summed E-state index contributed by atoms with van der Waals surface area (Å²) in [5, 5.41) is 1.20. The van der Waals surface area contributed by atoms with Crippen molar-refractivity contribution < 1.29 is 9.53 Å². The normalized spacial score (nSPS) is 20.1. The minimum absolute atomic E-state index is 0. The van der Waals surface area contributed by atoms with E-state index in [9.17, 15) is 4.79 Å². The molecular formula is C22H31ClN2O2. The highest BCUT2D eigenvalue weighted by molar-refractivity contribution is 5.96. The molecule has 4 nitrogen and oxygen atoms in total. The number of halogens is 1. The number of likely N-dealkylation sites (tertiary alicyclic amines) is 1. The summed E-state index contributed by atoms with van der Waals surface area (Å²) in [5.41, 5.74) is 4.58. The van der Waals surface area contributed by atoms with E-state index >= 15 is 0 Å². The summed E-state index contributed by atoms with van der Waals surface area (Å²) in [7, 11) is 0. The number of benzene rings is 1. The highest BCUT2D eigenvalue weighted by Gasteiger charge is 2.19. The average molecular weight is 391 g/mol. The molecular weight excluding hydrogens is 360 g/mol. The second kappa shape index (κ2) is 9.11. The molecule has 2 heterocycles. The lowest BCUT2D eigenvalue weighted by molar-refractivity contribution is 0.0476. The number of piperidine rings is 1. The van der Waals surface area contributed by atoms with Gasteiger partial charge in [0.15, 0.2) is 0 Å². The average Bonchev–Trinajstić information content (AvgIpc) is 3.04. The van der Waals surface area contributed by atoms with E-state index in [1.165, 1.54) is 55.3 Å². The summed E-state index contributed by atoms with van der Waals surface area (Å²) in [6, 6.07) is 6.60. The molecule has 148 valence electrons. The number of H-pyrrole nitrogens is 1. The molecule has 1 aromatic heterocycles. The number of ether oxygens (including phenoxy) is 1. The molecule has 0 spiro atoms. The molecule has 1 fully saturated rings. The minimum Gasteiger partial charge on any atom is -0.462 e. The quantitative estimate of drug-likeness (QED) is 0.584. The Morgan fingerprint density at radius 1 is 1.22 bits per heavy atom. The minimum atomic E-state index is -0.190. The molecule has 0 radical (unpaired) electrons. The summed E-state index contributed by atoms with van der Waals surface area (Å²) in [6.45, 7) is 5.02. The van der Waals surface area contributed by atoms with Crippen molar-refractivity contribution >= 4 is 29.3 Å². The molecule has 1 atom stereocenters. The molecule has 1 aromatic carbocycles. The van der Waals surface area contributed by atoms with E-state index in [2.05, 4.69) is 16.8 Å². The number of carbonyl (C=O) groups excluding carboxylic acids is 1. The monoisotopic (exact) mass is 390 g/mol. The van der Waals surface area contributed by atoms with Crippen LogP contribution in [0.25, 0.3) is 10.9 Å². The lowest BCUT2D eigenvalue weighted by Crippen LogP contribution is -2.38. The van der Waals surface area contributed by atoms with Gasteiger partial charge in [0, 0.05) is 29.2 Å². The number of nitrogens with one attached hydrogen (secondary N) is 1. The third kappa shape index (κ3) is 4.49. The molecule has 0 bridgehead atoms. The van der Waals surface area contributed by atoms with Gasteiger partial charge in [0.25, 0.3) is 0 Å². The number of aromatic amines is 1. The van der Waals surface area contributed by atoms with Crippen molar-refractivity contribution in [2.24, 2.45) is 0 Å². The van der Waals surface area contributed by atoms with Crippen LogP contribution in [-0.2, 0) is 17.6 Å². The van der Waals surface area contributed by atoms with E-state index in [0.717, 1.165) is 31.3 Å². The number of rotatable bonds is 5. The number of hydrogen-bond acceptors (Lipinski definition) is 3. The molecule has 0 saturated carbocycles. The van der Waals surface area contributed by atoms with Gasteiger partial charge in [-0.05, 0) is 82.2 Å². The first kappa shape index (κ1) is 20.2. The number of aryl methyl sites for hydroxylation is 2. The van der Waals surface area contributed by atoms with Crippen molar-refractivity contribution in [2.45, 2.75) is 64.3 Å². The molecule has 1 N–H and O–H groups in total. The van der Waals surface area contributed by atoms with Crippen LogP contribution in [0.3, 0.4) is 0 Å². The van der Waals surface area contributed by atoms with Crippen molar-refractivity contribution in [3.63, 3.8) is 0 Å². The van der Waals surface area contributed by atoms with Gasteiger partial charge in [-0.2, -0.15) is 0 Å². The Morgan fingerprint density at radius 2 is 2.07 bits per heavy atom. The van der Waals surface area contributed by atoms with Gasteiger partial charge in [-0.15, -0.1) is 12.4 Å². The Labute approximate surface area is 168 Å². The topological polar surface area (TPSA) is 45.3 Å². The van der Waals surface area contributed by atoms with E-state index in [0.29, 0.717) is 18.2 Å². The number of nitrogens with zero attached hydrogens (tertiary/aromatic N) is 1. The maximum atomic E-state index is 12.4. The maximum absolute atomic E-state index is 12.4. The largest absolute Gasteiger partial charge is 0.462 e. The summed E-state index contributed by atoms with van der Waals surface area (Å²) in [5.74, 6) is -0.190. The van der Waals surface area contributed by atoms with Crippen LogP contribution in [0.5, 0.6) is 0 Å². The second-order valence-electron chi connectivity index (χ2n) is 7.92. The number of carbonyl (C=O) groups is 1. The van der Waals surface area contributed by atoms with Gasteiger partial charge < -0.3 is 14.6 Å². The van der Waals surface area contributed by atoms with Crippen LogP contribution in [0.1, 0.15) is 67.1 Å². The molecule has 4 rings (SSSR count). The zero-order chi connectivity index (χ0) is 17.9. The lowest BCUT2D eigenvalue weighted by Gasteiger charge is -2.33. The fourth-order valence-corrected chi connectivity index (χ4v) is 4.54. The van der Waals surface area contributed by atoms with Crippen LogP contribution >= 0.6 is 12.4 Å². The van der Waals surface area contributed by atoms with Gasteiger partial charge in [-0.1, -0.05) is 6.42 Å². The molecule has 5 heteroatoms. The third-order valence-electron chi connectivity index (χ3n) is 6.10. The number of aromatic nitrogens is 1. The molecule has 1 saturated heterocycles. The second-order valence-corrected chi connectivity index (χ2v) is 7.92. The van der Waals surface area contributed by atoms with Crippen molar-refractivity contribution in [1.29, 1.82) is 0 Å². The molecule has 2 aromatic rings. The van der Waals surface area contributed by atoms with Gasteiger partial charge in [0.2, 0.25) is 0 Å². The first-order chi connectivity index (χ1) is 12.7. The Hall–Kier alpha value is -1.52. The SMILES string of the molecule is CC1CCCCN1CCCOC(=O)c1ccc2[nH]c3c(c2c1)CCCC3.Cl.